The summed E-state index contributed by atoms with van der Waals surface area (Å²) in [6.45, 7) is 5.49. The van der Waals surface area contributed by atoms with Crippen LogP contribution in [0.4, 0.5) is 0 Å². The maximum Gasteiger partial charge on any atom is 0.0946 e. The Hall–Kier alpha value is -1.23. The molecule has 2 aromatic heterocycles. The predicted octanol–water partition coefficient (Wildman–Crippen LogP) is 6.52. The average Bonchev–Trinajstić information content (AvgIpc) is 3.24. The summed E-state index contributed by atoms with van der Waals surface area (Å²) < 4.78 is 3.05. The summed E-state index contributed by atoms with van der Waals surface area (Å²) in [7, 11) is 0. The van der Waals surface area contributed by atoms with E-state index in [1.54, 1.807) is 11.3 Å². The van der Waals surface area contributed by atoms with Gasteiger partial charge in [0, 0.05) is 34.0 Å². The highest BCUT2D eigenvalue weighted by atomic mass is 35.5. The van der Waals surface area contributed by atoms with Gasteiger partial charge in [-0.05, 0) is 42.5 Å². The second-order valence-electron chi connectivity index (χ2n) is 6.44. The zero-order valence-electron chi connectivity index (χ0n) is 14.6. The number of benzene rings is 1. The van der Waals surface area contributed by atoms with Crippen molar-refractivity contribution in [2.45, 2.75) is 49.3 Å². The van der Waals surface area contributed by atoms with Crippen LogP contribution in [0.1, 0.15) is 36.6 Å². The zero-order chi connectivity index (χ0) is 17.6. The molecule has 0 aliphatic heterocycles. The molecule has 0 aliphatic carbocycles. The Morgan fingerprint density at radius 2 is 2.04 bits per heavy atom. The maximum atomic E-state index is 6.08. The van der Waals surface area contributed by atoms with Crippen LogP contribution in [-0.2, 0) is 13.0 Å². The zero-order valence-corrected chi connectivity index (χ0v) is 16.9. The van der Waals surface area contributed by atoms with Gasteiger partial charge in [0.1, 0.15) is 0 Å². The lowest BCUT2D eigenvalue weighted by Crippen LogP contribution is -2.13. The lowest BCUT2D eigenvalue weighted by molar-refractivity contribution is 0.625. The van der Waals surface area contributed by atoms with Gasteiger partial charge in [-0.1, -0.05) is 43.6 Å². The van der Waals surface area contributed by atoms with Gasteiger partial charge in [0.15, 0.2) is 0 Å². The second kappa shape index (κ2) is 8.93. The van der Waals surface area contributed by atoms with Crippen LogP contribution in [0.15, 0.2) is 60.0 Å². The number of rotatable bonds is 8. The molecule has 1 atom stereocenters. The molecule has 0 fully saturated rings. The molecule has 2 heterocycles. The van der Waals surface area contributed by atoms with Crippen LogP contribution < -0.4 is 0 Å². The van der Waals surface area contributed by atoms with E-state index in [2.05, 4.69) is 53.7 Å². The number of aromatic nitrogens is 2. The van der Waals surface area contributed by atoms with Gasteiger partial charge in [-0.15, -0.1) is 23.1 Å². The SMILES string of the molecule is CC(C)c1ccccc1SC(CCc1ccc(Cl)s1)Cn1ccnc1. The average molecular weight is 391 g/mol. The first-order valence-corrected chi connectivity index (χ1v) is 10.6. The molecule has 3 rings (SSSR count). The van der Waals surface area contributed by atoms with Crippen molar-refractivity contribution in [3.63, 3.8) is 0 Å². The van der Waals surface area contributed by atoms with E-state index in [1.807, 2.05) is 36.5 Å². The molecule has 1 aromatic carbocycles. The number of hydrogen-bond donors (Lipinski definition) is 0. The van der Waals surface area contributed by atoms with E-state index in [9.17, 15) is 0 Å². The Morgan fingerprint density at radius 1 is 1.20 bits per heavy atom. The van der Waals surface area contributed by atoms with Crippen LogP contribution in [0, 0.1) is 0 Å². The molecule has 1 unspecified atom stereocenters. The molecule has 0 bridgehead atoms. The van der Waals surface area contributed by atoms with E-state index >= 15 is 0 Å². The van der Waals surface area contributed by atoms with Crippen molar-refractivity contribution in [2.24, 2.45) is 0 Å². The smallest absolute Gasteiger partial charge is 0.0946 e. The highest BCUT2D eigenvalue weighted by Crippen LogP contribution is 2.34. The Bertz CT molecular complexity index is 781. The first-order chi connectivity index (χ1) is 12.1. The predicted molar refractivity (Wildman–Crippen MR) is 110 cm³/mol. The first-order valence-electron chi connectivity index (χ1n) is 8.57. The Kier molecular flexibility index (Phi) is 6.63. The summed E-state index contributed by atoms with van der Waals surface area (Å²) in [6, 6.07) is 12.9. The van der Waals surface area contributed by atoms with Crippen molar-refractivity contribution in [3.05, 3.63) is 69.9 Å². The van der Waals surface area contributed by atoms with Crippen molar-refractivity contribution >= 4 is 34.7 Å². The van der Waals surface area contributed by atoms with Crippen LogP contribution in [0.3, 0.4) is 0 Å². The van der Waals surface area contributed by atoms with Crippen molar-refractivity contribution in [3.8, 4) is 0 Å². The van der Waals surface area contributed by atoms with Crippen LogP contribution in [0.2, 0.25) is 4.34 Å². The van der Waals surface area contributed by atoms with Crippen molar-refractivity contribution in [1.29, 1.82) is 0 Å². The molecule has 25 heavy (non-hydrogen) atoms. The van der Waals surface area contributed by atoms with E-state index in [4.69, 9.17) is 11.6 Å². The van der Waals surface area contributed by atoms with Gasteiger partial charge in [-0.3, -0.25) is 0 Å². The van der Waals surface area contributed by atoms with Gasteiger partial charge in [0.2, 0.25) is 0 Å². The summed E-state index contributed by atoms with van der Waals surface area (Å²) in [6.07, 6.45) is 7.98. The molecule has 5 heteroatoms. The maximum absolute atomic E-state index is 6.08. The van der Waals surface area contributed by atoms with E-state index in [0.29, 0.717) is 11.2 Å². The highest BCUT2D eigenvalue weighted by Gasteiger charge is 2.15. The van der Waals surface area contributed by atoms with Crippen LogP contribution in [0.5, 0.6) is 0 Å². The van der Waals surface area contributed by atoms with Gasteiger partial charge in [-0.25, -0.2) is 4.98 Å². The number of aryl methyl sites for hydroxylation is 1. The van der Waals surface area contributed by atoms with Gasteiger partial charge in [0.25, 0.3) is 0 Å². The van der Waals surface area contributed by atoms with Crippen molar-refractivity contribution in [2.75, 3.05) is 0 Å². The first kappa shape index (κ1) is 18.6. The summed E-state index contributed by atoms with van der Waals surface area (Å²) in [5.74, 6) is 0.536. The normalized spacial score (nSPS) is 12.6. The summed E-state index contributed by atoms with van der Waals surface area (Å²) in [4.78, 5) is 6.94. The van der Waals surface area contributed by atoms with Crippen LogP contribution in [-0.4, -0.2) is 14.8 Å². The van der Waals surface area contributed by atoms with Gasteiger partial charge < -0.3 is 4.57 Å². The van der Waals surface area contributed by atoms with Crippen LogP contribution in [0.25, 0.3) is 0 Å². The minimum Gasteiger partial charge on any atom is -0.336 e. The van der Waals surface area contributed by atoms with E-state index < -0.39 is 0 Å². The van der Waals surface area contributed by atoms with Gasteiger partial charge in [0.05, 0.1) is 10.7 Å². The fraction of sp³-hybridized carbons (Fsp3) is 0.350. The molecule has 0 aliphatic rings. The largest absolute Gasteiger partial charge is 0.336 e. The van der Waals surface area contributed by atoms with Crippen molar-refractivity contribution < 1.29 is 0 Å². The fourth-order valence-electron chi connectivity index (χ4n) is 2.85. The van der Waals surface area contributed by atoms with Gasteiger partial charge >= 0.3 is 0 Å². The summed E-state index contributed by atoms with van der Waals surface area (Å²) in [5.41, 5.74) is 1.43. The fourth-order valence-corrected chi connectivity index (χ4v) is 5.39. The molecule has 0 amide bonds. The molecule has 132 valence electrons. The van der Waals surface area contributed by atoms with E-state index in [0.717, 1.165) is 23.7 Å². The lowest BCUT2D eigenvalue weighted by atomic mass is 10.0. The number of thiophene rings is 1. The number of halogens is 1. The molecule has 0 radical (unpaired) electrons. The van der Waals surface area contributed by atoms with Crippen LogP contribution >= 0.6 is 34.7 Å². The third-order valence-corrected chi connectivity index (χ3v) is 6.78. The number of nitrogens with zero attached hydrogens (tertiary/aromatic N) is 2. The minimum atomic E-state index is 0.495. The molecular formula is C20H23ClN2S2. The molecule has 0 saturated carbocycles. The molecular weight excluding hydrogens is 368 g/mol. The van der Waals surface area contributed by atoms with Gasteiger partial charge in [-0.2, -0.15) is 0 Å². The third-order valence-electron chi connectivity index (χ3n) is 4.15. The third kappa shape index (κ3) is 5.37. The molecule has 0 N–H and O–H groups in total. The number of thioether (sulfide) groups is 1. The topological polar surface area (TPSA) is 17.8 Å². The standard InChI is InChI=1S/C20H23ClN2S2/c1-15(2)18-5-3-4-6-19(18)24-17(13-23-12-11-22-14-23)8-7-16-9-10-20(21)25-16/h3-6,9-12,14-15,17H,7-8,13H2,1-2H3. The monoisotopic (exact) mass is 390 g/mol. The number of imidazole rings is 1. The molecule has 0 spiro atoms. The molecule has 3 aromatic rings. The van der Waals surface area contributed by atoms with E-state index in [-0.39, 0.29) is 0 Å². The second-order valence-corrected chi connectivity index (χ2v) is 9.58. The van der Waals surface area contributed by atoms with E-state index in [1.165, 1.54) is 15.3 Å². The highest BCUT2D eigenvalue weighted by molar-refractivity contribution is 8.00. The Balaban J connectivity index is 1.73. The quantitative estimate of drug-likeness (QED) is 0.407. The van der Waals surface area contributed by atoms with Crippen molar-refractivity contribution in [1.82, 2.24) is 9.55 Å². The summed E-state index contributed by atoms with van der Waals surface area (Å²) in [5, 5.41) is 0.495. The molecule has 0 saturated heterocycles. The Morgan fingerprint density at radius 3 is 2.72 bits per heavy atom. The lowest BCUT2D eigenvalue weighted by Gasteiger charge is -2.20. The number of hydrogen-bond acceptors (Lipinski definition) is 3. The molecule has 2 nitrogen and oxygen atoms in total. The summed E-state index contributed by atoms with van der Waals surface area (Å²) >= 11 is 9.76. The minimum absolute atomic E-state index is 0.495. The Labute approximate surface area is 163 Å².